The van der Waals surface area contributed by atoms with E-state index in [0.717, 1.165) is 19.3 Å². The van der Waals surface area contributed by atoms with Gasteiger partial charge < -0.3 is 20.4 Å². The molecule has 4 aliphatic rings. The monoisotopic (exact) mass is 334 g/mol. The third kappa shape index (κ3) is 1.73. The molecule has 0 aromatic carbocycles. The van der Waals surface area contributed by atoms with Crippen molar-refractivity contribution in [2.75, 3.05) is 13.2 Å². The summed E-state index contributed by atoms with van der Waals surface area (Å²) >= 11 is 0. The van der Waals surface area contributed by atoms with Crippen LogP contribution in [0.4, 0.5) is 0 Å². The molecule has 0 radical (unpaired) electrons. The van der Waals surface area contributed by atoms with Crippen LogP contribution in [0.25, 0.3) is 0 Å². The van der Waals surface area contributed by atoms with E-state index in [2.05, 4.69) is 25.2 Å². The van der Waals surface area contributed by atoms with Gasteiger partial charge in [-0.1, -0.05) is 32.1 Å². The normalized spacial score (nSPS) is 55.8. The molecule has 4 heteroatoms. The molecule has 7 unspecified atom stereocenters. The fourth-order valence-corrected chi connectivity index (χ4v) is 6.62. The number of aliphatic hydroxyl groups excluding tert-OH is 3. The highest BCUT2D eigenvalue weighted by Crippen LogP contribution is 2.71. The zero-order chi connectivity index (χ0) is 17.4. The molecule has 4 N–H and O–H groups in total. The first-order chi connectivity index (χ1) is 11.3. The molecule has 0 aromatic rings. The summed E-state index contributed by atoms with van der Waals surface area (Å²) in [7, 11) is 0. The van der Waals surface area contributed by atoms with Gasteiger partial charge in [-0.15, -0.1) is 0 Å². The maximum atomic E-state index is 10.8. The van der Waals surface area contributed by atoms with Crippen LogP contribution in [-0.2, 0) is 0 Å². The van der Waals surface area contributed by atoms with Crippen molar-refractivity contribution in [3.8, 4) is 0 Å². The van der Waals surface area contributed by atoms with Crippen molar-refractivity contribution >= 4 is 0 Å². The number of hydrogen-bond acceptors (Lipinski definition) is 4. The highest BCUT2D eigenvalue weighted by atomic mass is 16.3. The van der Waals surface area contributed by atoms with Crippen LogP contribution in [0, 0.1) is 28.1 Å². The molecule has 4 rings (SSSR count). The van der Waals surface area contributed by atoms with Gasteiger partial charge in [0.25, 0.3) is 0 Å². The lowest BCUT2D eigenvalue weighted by Crippen LogP contribution is -2.61. The van der Waals surface area contributed by atoms with Gasteiger partial charge in [0.05, 0.1) is 24.9 Å². The predicted octanol–water partition coefficient (Wildman–Crippen LogP) is 1.78. The van der Waals surface area contributed by atoms with Gasteiger partial charge in [0.15, 0.2) is 0 Å². The predicted molar refractivity (Wildman–Crippen MR) is 91.1 cm³/mol. The van der Waals surface area contributed by atoms with E-state index in [4.69, 9.17) is 0 Å². The van der Waals surface area contributed by atoms with Gasteiger partial charge in [-0.05, 0) is 49.0 Å². The molecule has 2 saturated carbocycles. The van der Waals surface area contributed by atoms with Crippen molar-refractivity contribution in [3.05, 3.63) is 23.8 Å². The van der Waals surface area contributed by atoms with E-state index in [1.165, 1.54) is 5.57 Å². The molecule has 7 atom stereocenters. The molecular weight excluding hydrogens is 304 g/mol. The lowest BCUT2D eigenvalue weighted by Gasteiger charge is -2.64. The summed E-state index contributed by atoms with van der Waals surface area (Å²) in [6.07, 6.45) is 10.0. The number of aliphatic hydroxyl groups is 4. The minimum atomic E-state index is -0.996. The van der Waals surface area contributed by atoms with E-state index in [-0.39, 0.29) is 35.9 Å². The van der Waals surface area contributed by atoms with Crippen molar-refractivity contribution in [1.82, 2.24) is 0 Å². The minimum absolute atomic E-state index is 0.00120. The fraction of sp³-hybridized carbons (Fsp3) is 0.800. The van der Waals surface area contributed by atoms with Crippen LogP contribution in [-0.4, -0.2) is 45.3 Å². The van der Waals surface area contributed by atoms with E-state index in [0.29, 0.717) is 12.8 Å². The van der Waals surface area contributed by atoms with E-state index >= 15 is 0 Å². The Morgan fingerprint density at radius 3 is 2.54 bits per heavy atom. The maximum absolute atomic E-state index is 10.8. The average molecular weight is 334 g/mol. The highest BCUT2D eigenvalue weighted by molar-refractivity contribution is 5.43. The molecule has 134 valence electrons. The second-order valence-electron chi connectivity index (χ2n) is 9.25. The second-order valence-corrected chi connectivity index (χ2v) is 9.25. The Morgan fingerprint density at radius 2 is 1.88 bits per heavy atom. The van der Waals surface area contributed by atoms with Crippen molar-refractivity contribution in [3.63, 3.8) is 0 Å². The molecule has 4 nitrogen and oxygen atoms in total. The molecule has 2 fully saturated rings. The Morgan fingerprint density at radius 1 is 1.12 bits per heavy atom. The van der Waals surface area contributed by atoms with Crippen LogP contribution >= 0.6 is 0 Å². The zero-order valence-electron chi connectivity index (χ0n) is 14.7. The quantitative estimate of drug-likeness (QED) is 0.620. The van der Waals surface area contributed by atoms with Gasteiger partial charge in [0.1, 0.15) is 0 Å². The summed E-state index contributed by atoms with van der Waals surface area (Å²) in [5.41, 5.74) is -0.256. The van der Waals surface area contributed by atoms with E-state index in [9.17, 15) is 20.4 Å². The van der Waals surface area contributed by atoms with Gasteiger partial charge in [-0.25, -0.2) is 0 Å². The Kier molecular flexibility index (Phi) is 3.45. The van der Waals surface area contributed by atoms with E-state index in [1.807, 2.05) is 6.92 Å². The van der Waals surface area contributed by atoms with Crippen molar-refractivity contribution in [2.24, 2.45) is 28.1 Å². The smallest absolute Gasteiger partial charge is 0.0940 e. The molecule has 4 aliphatic carbocycles. The molecule has 0 heterocycles. The van der Waals surface area contributed by atoms with Gasteiger partial charge >= 0.3 is 0 Å². The van der Waals surface area contributed by atoms with Crippen LogP contribution in [0.1, 0.15) is 46.0 Å². The fourth-order valence-electron chi connectivity index (χ4n) is 6.62. The Hall–Kier alpha value is -0.680. The van der Waals surface area contributed by atoms with Crippen LogP contribution < -0.4 is 0 Å². The zero-order valence-corrected chi connectivity index (χ0v) is 14.7. The Balaban J connectivity index is 1.81. The standard InChI is InChI=1S/C20H30O4/c1-17(11-21)15-4-3-13-9-14-10-19(13,7-8-20(14,24)12-22)18(15,2)6-5-16(17)23/h3-4,9,14-16,21-24H,5-8,10-12H2,1-2H3. The Bertz CT molecular complexity index is 613. The highest BCUT2D eigenvalue weighted by Gasteiger charge is 2.66. The maximum Gasteiger partial charge on any atom is 0.0940 e. The number of fused-ring (bicyclic) bond motifs is 2. The second kappa shape index (κ2) is 4.94. The largest absolute Gasteiger partial charge is 0.396 e. The summed E-state index contributed by atoms with van der Waals surface area (Å²) < 4.78 is 0. The summed E-state index contributed by atoms with van der Waals surface area (Å²) in [6.45, 7) is 4.13. The molecule has 0 amide bonds. The molecule has 0 saturated heterocycles. The topological polar surface area (TPSA) is 80.9 Å². The average Bonchev–Trinajstić information content (AvgIpc) is 2.93. The van der Waals surface area contributed by atoms with Gasteiger partial charge in [-0.2, -0.15) is 0 Å². The molecule has 0 aliphatic heterocycles. The first-order valence-corrected chi connectivity index (χ1v) is 9.28. The third-order valence-electron chi connectivity index (χ3n) is 8.45. The van der Waals surface area contributed by atoms with Crippen LogP contribution in [0.5, 0.6) is 0 Å². The van der Waals surface area contributed by atoms with Gasteiger partial charge in [0, 0.05) is 16.7 Å². The minimum Gasteiger partial charge on any atom is -0.396 e. The summed E-state index contributed by atoms with van der Waals surface area (Å²) in [4.78, 5) is 0. The summed E-state index contributed by atoms with van der Waals surface area (Å²) in [5.74, 6) is 0.119. The van der Waals surface area contributed by atoms with Crippen LogP contribution in [0.3, 0.4) is 0 Å². The van der Waals surface area contributed by atoms with E-state index in [1.54, 1.807) is 0 Å². The lowest BCUT2D eigenvalue weighted by atomic mass is 9.41. The first-order valence-electron chi connectivity index (χ1n) is 9.28. The Labute approximate surface area is 143 Å². The molecular formula is C20H30O4. The number of hydrogen-bond donors (Lipinski definition) is 4. The lowest BCUT2D eigenvalue weighted by molar-refractivity contribution is -0.171. The van der Waals surface area contributed by atoms with Crippen molar-refractivity contribution in [1.29, 1.82) is 0 Å². The van der Waals surface area contributed by atoms with Crippen LogP contribution in [0.2, 0.25) is 0 Å². The summed E-state index contributed by atoms with van der Waals surface area (Å²) in [5, 5.41) is 41.1. The summed E-state index contributed by atoms with van der Waals surface area (Å²) in [6, 6.07) is 0. The van der Waals surface area contributed by atoms with Crippen LogP contribution in [0.15, 0.2) is 23.8 Å². The SMILES string of the molecule is CC1(CO)C(O)CCC2(C)C1C=CC1=CC3CC12CCC3(O)CO. The molecule has 1 spiro atoms. The van der Waals surface area contributed by atoms with Gasteiger partial charge in [0.2, 0.25) is 0 Å². The van der Waals surface area contributed by atoms with Gasteiger partial charge in [-0.3, -0.25) is 0 Å². The molecule has 24 heavy (non-hydrogen) atoms. The number of allylic oxidation sites excluding steroid dienone is 3. The third-order valence-corrected chi connectivity index (χ3v) is 8.45. The number of rotatable bonds is 2. The van der Waals surface area contributed by atoms with E-state index < -0.39 is 17.1 Å². The molecule has 0 aromatic heterocycles. The van der Waals surface area contributed by atoms with Crippen molar-refractivity contribution in [2.45, 2.75) is 57.7 Å². The molecule has 2 bridgehead atoms. The van der Waals surface area contributed by atoms with Crippen molar-refractivity contribution < 1.29 is 20.4 Å². The first kappa shape index (κ1) is 16.8.